The number of phenolic OH excluding ortho intramolecular Hbond substituents is 1. The third-order valence-electron chi connectivity index (χ3n) is 10.0. The van der Waals surface area contributed by atoms with Gasteiger partial charge in [-0.05, 0) is 93.3 Å². The number of anilines is 1. The summed E-state index contributed by atoms with van der Waals surface area (Å²) < 4.78 is 38.1. The molecule has 1 unspecified atom stereocenters. The van der Waals surface area contributed by atoms with Gasteiger partial charge in [0.05, 0.1) is 11.1 Å². The Labute approximate surface area is 267 Å². The van der Waals surface area contributed by atoms with Crippen molar-refractivity contribution in [3.63, 3.8) is 0 Å². The lowest BCUT2D eigenvalue weighted by Crippen LogP contribution is -2.51. The predicted molar refractivity (Wildman–Crippen MR) is 175 cm³/mol. The standard InChI is InChI=1S/C36H39F2N5O3/c1-2-26-30(37)11-8-23-19-25(45)20-29(31(23)26)27-9-10-28-33(32(27)38)40-35(46-22-36-12-5-15-43(36)16-6-13-36)41-34(28)42-17-14-39-24(21-42)7-3-4-18-44/h1,8-11,19-20,24,39,44-45H,3-7,12-18,21-22H2. The van der Waals surface area contributed by atoms with Gasteiger partial charge < -0.3 is 25.2 Å². The van der Waals surface area contributed by atoms with E-state index in [9.17, 15) is 14.6 Å². The number of piperazine rings is 1. The van der Waals surface area contributed by atoms with Crippen LogP contribution in [0.1, 0.15) is 50.5 Å². The molecule has 0 spiro atoms. The minimum absolute atomic E-state index is 0.00406. The lowest BCUT2D eigenvalue weighted by atomic mass is 9.93. The van der Waals surface area contributed by atoms with Gasteiger partial charge in [-0.15, -0.1) is 6.42 Å². The molecule has 0 amide bonds. The topological polar surface area (TPSA) is 94.0 Å². The maximum atomic E-state index is 16.9. The van der Waals surface area contributed by atoms with Crippen LogP contribution in [-0.2, 0) is 0 Å². The van der Waals surface area contributed by atoms with Crippen LogP contribution in [0.4, 0.5) is 14.6 Å². The fraction of sp³-hybridized carbons (Fsp3) is 0.444. The van der Waals surface area contributed by atoms with Crippen molar-refractivity contribution in [3.8, 4) is 35.2 Å². The van der Waals surface area contributed by atoms with Gasteiger partial charge >= 0.3 is 6.01 Å². The van der Waals surface area contributed by atoms with Gasteiger partial charge in [0.1, 0.15) is 29.5 Å². The van der Waals surface area contributed by atoms with E-state index in [1.54, 1.807) is 12.1 Å². The monoisotopic (exact) mass is 627 g/mol. The van der Waals surface area contributed by atoms with Crippen molar-refractivity contribution >= 4 is 27.5 Å². The smallest absolute Gasteiger partial charge is 0.319 e. The number of hydrogen-bond acceptors (Lipinski definition) is 8. The van der Waals surface area contributed by atoms with Gasteiger partial charge in [-0.25, -0.2) is 8.78 Å². The number of nitrogens with zero attached hydrogens (tertiary/aromatic N) is 4. The molecule has 8 nitrogen and oxygen atoms in total. The van der Waals surface area contributed by atoms with E-state index in [1.165, 1.54) is 24.3 Å². The van der Waals surface area contributed by atoms with Crippen LogP contribution in [0.5, 0.6) is 11.8 Å². The Bertz CT molecular complexity index is 1820. The minimum atomic E-state index is -0.624. The van der Waals surface area contributed by atoms with Crippen LogP contribution in [0.3, 0.4) is 0 Å². The number of aliphatic hydroxyl groups is 1. The molecule has 4 aromatic rings. The first-order valence-electron chi connectivity index (χ1n) is 16.3. The van der Waals surface area contributed by atoms with Crippen LogP contribution in [-0.4, -0.2) is 82.6 Å². The highest BCUT2D eigenvalue weighted by Gasteiger charge is 2.45. The van der Waals surface area contributed by atoms with Crippen molar-refractivity contribution in [2.24, 2.45) is 0 Å². The minimum Gasteiger partial charge on any atom is -0.508 e. The van der Waals surface area contributed by atoms with Crippen LogP contribution in [0, 0.1) is 24.0 Å². The van der Waals surface area contributed by atoms with Crippen molar-refractivity contribution < 1.29 is 23.7 Å². The van der Waals surface area contributed by atoms with Gasteiger partial charge in [0.15, 0.2) is 5.82 Å². The Balaban J connectivity index is 1.34. The average molecular weight is 628 g/mol. The summed E-state index contributed by atoms with van der Waals surface area (Å²) in [6.45, 7) is 4.79. The second-order valence-corrected chi connectivity index (χ2v) is 12.8. The van der Waals surface area contributed by atoms with Crippen molar-refractivity contribution in [2.45, 2.75) is 56.5 Å². The first-order valence-corrected chi connectivity index (χ1v) is 16.3. The number of ether oxygens (including phenoxy) is 1. The van der Waals surface area contributed by atoms with Crippen molar-refractivity contribution in [1.82, 2.24) is 20.2 Å². The second kappa shape index (κ2) is 12.6. The molecule has 1 atom stereocenters. The Hall–Kier alpha value is -4.04. The molecule has 3 aliphatic heterocycles. The quantitative estimate of drug-likeness (QED) is 0.169. The Morgan fingerprint density at radius 2 is 1.87 bits per heavy atom. The SMILES string of the molecule is C#Cc1c(F)ccc2cc(O)cc(-c3ccc4c(N5CCNC(CCCCO)C5)nc(OCC56CCCN5CCC6)nc4c3F)c12. The molecule has 1 aromatic heterocycles. The van der Waals surface area contributed by atoms with E-state index < -0.39 is 11.6 Å². The Kier molecular flexibility index (Phi) is 8.40. The molecule has 7 rings (SSSR count). The number of unbranched alkanes of at least 4 members (excludes halogenated alkanes) is 1. The summed E-state index contributed by atoms with van der Waals surface area (Å²) in [4.78, 5) is 14.2. The molecule has 0 radical (unpaired) electrons. The van der Waals surface area contributed by atoms with Crippen LogP contribution in [0.15, 0.2) is 36.4 Å². The van der Waals surface area contributed by atoms with E-state index in [0.29, 0.717) is 41.7 Å². The van der Waals surface area contributed by atoms with Gasteiger partial charge in [-0.2, -0.15) is 9.97 Å². The van der Waals surface area contributed by atoms with E-state index in [4.69, 9.17) is 16.1 Å². The first kappa shape index (κ1) is 30.6. The molecule has 3 aromatic carbocycles. The number of nitrogens with one attached hydrogen (secondary N) is 1. The van der Waals surface area contributed by atoms with Crippen molar-refractivity contribution in [2.75, 3.05) is 50.8 Å². The number of aliphatic hydroxyl groups excluding tert-OH is 1. The molecule has 4 heterocycles. The van der Waals surface area contributed by atoms with Crippen LogP contribution < -0.4 is 15.0 Å². The fourth-order valence-electron chi connectivity index (χ4n) is 7.79. The second-order valence-electron chi connectivity index (χ2n) is 12.8. The number of hydrogen-bond donors (Lipinski definition) is 3. The molecule has 3 fully saturated rings. The molecule has 0 saturated carbocycles. The van der Waals surface area contributed by atoms with Crippen LogP contribution >= 0.6 is 0 Å². The van der Waals surface area contributed by atoms with Crippen LogP contribution in [0.25, 0.3) is 32.8 Å². The third-order valence-corrected chi connectivity index (χ3v) is 10.0. The largest absolute Gasteiger partial charge is 0.508 e. The summed E-state index contributed by atoms with van der Waals surface area (Å²) in [6.07, 6.45) is 12.6. The molecule has 3 saturated heterocycles. The lowest BCUT2D eigenvalue weighted by Gasteiger charge is -2.35. The normalized spacial score (nSPS) is 19.5. The molecular weight excluding hydrogens is 588 g/mol. The Morgan fingerprint density at radius 3 is 2.65 bits per heavy atom. The number of phenols is 1. The molecule has 0 bridgehead atoms. The van der Waals surface area contributed by atoms with E-state index in [1.807, 2.05) is 0 Å². The summed E-state index contributed by atoms with van der Waals surface area (Å²) in [5, 5.41) is 24.8. The van der Waals surface area contributed by atoms with Crippen LogP contribution in [0.2, 0.25) is 0 Å². The number of rotatable bonds is 9. The lowest BCUT2D eigenvalue weighted by molar-refractivity contribution is 0.108. The summed E-state index contributed by atoms with van der Waals surface area (Å²) in [5.74, 6) is 1.71. The third kappa shape index (κ3) is 5.51. The number of benzene rings is 3. The van der Waals surface area contributed by atoms with E-state index >= 15 is 4.39 Å². The molecule has 46 heavy (non-hydrogen) atoms. The number of terminal acetylenes is 1. The molecule has 3 aliphatic rings. The average Bonchev–Trinajstić information content (AvgIpc) is 3.65. The van der Waals surface area contributed by atoms with Gasteiger partial charge in [0.2, 0.25) is 0 Å². The van der Waals surface area contributed by atoms with E-state index in [-0.39, 0.29) is 52.2 Å². The van der Waals surface area contributed by atoms with E-state index in [2.05, 4.69) is 26.0 Å². The van der Waals surface area contributed by atoms with Gasteiger partial charge in [-0.1, -0.05) is 18.1 Å². The molecule has 240 valence electrons. The molecular formula is C36H39F2N5O3. The zero-order chi connectivity index (χ0) is 31.8. The number of halogens is 2. The van der Waals surface area contributed by atoms with Gasteiger partial charge in [0.25, 0.3) is 0 Å². The zero-order valence-corrected chi connectivity index (χ0v) is 25.9. The fourth-order valence-corrected chi connectivity index (χ4v) is 7.79. The number of fused-ring (bicyclic) bond motifs is 3. The highest BCUT2D eigenvalue weighted by molar-refractivity contribution is 6.04. The highest BCUT2D eigenvalue weighted by Crippen LogP contribution is 2.41. The molecule has 3 N–H and O–H groups in total. The zero-order valence-electron chi connectivity index (χ0n) is 25.9. The highest BCUT2D eigenvalue weighted by atomic mass is 19.1. The summed E-state index contributed by atoms with van der Waals surface area (Å²) in [6, 6.07) is 9.40. The maximum Gasteiger partial charge on any atom is 0.319 e. The summed E-state index contributed by atoms with van der Waals surface area (Å²) >= 11 is 0. The summed E-state index contributed by atoms with van der Waals surface area (Å²) in [5.41, 5.74) is 0.480. The van der Waals surface area contributed by atoms with Gasteiger partial charge in [-0.3, -0.25) is 4.90 Å². The Morgan fingerprint density at radius 1 is 1.04 bits per heavy atom. The predicted octanol–water partition coefficient (Wildman–Crippen LogP) is 5.36. The van der Waals surface area contributed by atoms with Crippen molar-refractivity contribution in [3.05, 3.63) is 53.6 Å². The number of aromatic nitrogens is 2. The molecule has 0 aliphatic carbocycles. The molecule has 10 heteroatoms. The van der Waals surface area contributed by atoms with Crippen molar-refractivity contribution in [1.29, 1.82) is 0 Å². The summed E-state index contributed by atoms with van der Waals surface area (Å²) in [7, 11) is 0. The maximum absolute atomic E-state index is 16.9. The van der Waals surface area contributed by atoms with Gasteiger partial charge in [0, 0.05) is 48.6 Å². The first-order chi connectivity index (χ1) is 22.4. The number of aromatic hydroxyl groups is 1. The van der Waals surface area contributed by atoms with E-state index in [0.717, 1.165) is 64.6 Å².